The third kappa shape index (κ3) is 3.87. The topological polar surface area (TPSA) is 87.4 Å². The Kier molecular flexibility index (Phi) is 6.26. The van der Waals surface area contributed by atoms with Gasteiger partial charge < -0.3 is 24.3 Å². The number of ether oxygens (including phenoxy) is 2. The van der Waals surface area contributed by atoms with E-state index in [0.717, 1.165) is 36.1 Å². The zero-order valence-corrected chi connectivity index (χ0v) is 19.2. The lowest BCUT2D eigenvalue weighted by atomic mass is 9.89. The number of amides is 1. The molecule has 1 aromatic carbocycles. The third-order valence-electron chi connectivity index (χ3n) is 6.54. The fraction of sp³-hybridized carbons (Fsp3) is 0.440. The van der Waals surface area contributed by atoms with E-state index < -0.39 is 5.97 Å². The van der Waals surface area contributed by atoms with E-state index in [1.165, 1.54) is 18.1 Å². The molecule has 1 fully saturated rings. The Morgan fingerprint density at radius 1 is 1.19 bits per heavy atom. The summed E-state index contributed by atoms with van der Waals surface area (Å²) in [7, 11) is 3.05. The molecule has 1 aliphatic rings. The number of rotatable bonds is 6. The molecule has 170 valence electrons. The first-order chi connectivity index (χ1) is 15.5. The molecule has 0 aliphatic carbocycles. The highest BCUT2D eigenvalue weighted by molar-refractivity contribution is 6.00. The summed E-state index contributed by atoms with van der Waals surface area (Å²) in [5, 5.41) is 1.18. The Hall–Kier alpha value is -3.22. The summed E-state index contributed by atoms with van der Waals surface area (Å²) >= 11 is 0. The fourth-order valence-corrected chi connectivity index (χ4v) is 4.88. The van der Waals surface area contributed by atoms with Crippen LogP contribution in [0.3, 0.4) is 0 Å². The van der Waals surface area contributed by atoms with Gasteiger partial charge in [0.2, 0.25) is 0 Å². The summed E-state index contributed by atoms with van der Waals surface area (Å²) in [6.07, 6.45) is 5.37. The molecule has 7 heteroatoms. The normalized spacial score (nSPS) is 14.7. The maximum atomic E-state index is 13.4. The molecule has 1 amide bonds. The maximum Gasteiger partial charge on any atom is 0.339 e. The second-order valence-electron chi connectivity index (χ2n) is 8.44. The van der Waals surface area contributed by atoms with Gasteiger partial charge in [-0.15, -0.1) is 0 Å². The van der Waals surface area contributed by atoms with Crippen molar-refractivity contribution in [2.75, 3.05) is 27.3 Å². The molecule has 1 saturated heterocycles. The number of carbonyl (C=O) groups is 2. The van der Waals surface area contributed by atoms with E-state index in [9.17, 15) is 9.59 Å². The summed E-state index contributed by atoms with van der Waals surface area (Å²) < 4.78 is 10.3. The lowest BCUT2D eigenvalue weighted by Crippen LogP contribution is -2.38. The number of nitrogens with zero attached hydrogens (tertiary/aromatic N) is 1. The van der Waals surface area contributed by atoms with Gasteiger partial charge in [0.05, 0.1) is 19.8 Å². The molecule has 0 radical (unpaired) electrons. The number of hydrogen-bond donors (Lipinski definition) is 2. The van der Waals surface area contributed by atoms with E-state index in [4.69, 9.17) is 9.47 Å². The number of esters is 1. The number of fused-ring (bicyclic) bond motifs is 1. The molecule has 2 N–H and O–H groups in total. The highest BCUT2D eigenvalue weighted by Gasteiger charge is 2.30. The van der Waals surface area contributed by atoms with E-state index in [-0.39, 0.29) is 5.91 Å². The van der Waals surface area contributed by atoms with Crippen molar-refractivity contribution >= 4 is 22.8 Å². The molecule has 0 atom stereocenters. The lowest BCUT2D eigenvalue weighted by molar-refractivity contribution is 0.0599. The predicted molar refractivity (Wildman–Crippen MR) is 124 cm³/mol. The summed E-state index contributed by atoms with van der Waals surface area (Å²) in [5.74, 6) is 0.796. The lowest BCUT2D eigenvalue weighted by Gasteiger charge is -2.32. The Morgan fingerprint density at radius 2 is 1.94 bits per heavy atom. The summed E-state index contributed by atoms with van der Waals surface area (Å²) in [6, 6.07) is 6.07. The highest BCUT2D eigenvalue weighted by atomic mass is 16.5. The SMILES string of the molecule is CCCc1c(C(=O)N2CCC(c3c[nH]c4ccc(OC)cc34)CC2)[nH]c(C)c1C(=O)OC. The standard InChI is InChI=1S/C25H31N3O4/c1-5-6-18-22(25(30)32-4)15(2)27-23(18)24(29)28-11-9-16(10-12-28)20-14-26-21-8-7-17(31-3)13-19(20)21/h7-8,13-14,16,26-27H,5-6,9-12H2,1-4H3. The molecule has 1 aliphatic heterocycles. The zero-order valence-electron chi connectivity index (χ0n) is 19.2. The number of nitrogens with one attached hydrogen (secondary N) is 2. The quantitative estimate of drug-likeness (QED) is 0.553. The van der Waals surface area contributed by atoms with Gasteiger partial charge >= 0.3 is 5.97 Å². The number of likely N-dealkylation sites (tertiary alicyclic amines) is 1. The second-order valence-corrected chi connectivity index (χ2v) is 8.44. The highest BCUT2D eigenvalue weighted by Crippen LogP contribution is 2.35. The number of piperidine rings is 1. The number of aromatic amines is 2. The number of methoxy groups -OCH3 is 2. The molecule has 0 bridgehead atoms. The first kappa shape index (κ1) is 22.0. The molecular weight excluding hydrogens is 406 g/mol. The molecule has 0 spiro atoms. The molecular formula is C25H31N3O4. The van der Waals surface area contributed by atoms with Crippen LogP contribution < -0.4 is 4.74 Å². The summed E-state index contributed by atoms with van der Waals surface area (Å²) in [5.41, 5.74) is 4.86. The smallest absolute Gasteiger partial charge is 0.339 e. The van der Waals surface area contributed by atoms with Crippen LogP contribution in [0.2, 0.25) is 0 Å². The first-order valence-corrected chi connectivity index (χ1v) is 11.2. The van der Waals surface area contributed by atoms with Gasteiger partial charge in [0.25, 0.3) is 5.91 Å². The average molecular weight is 438 g/mol. The number of hydrogen-bond acceptors (Lipinski definition) is 4. The van der Waals surface area contributed by atoms with Gasteiger partial charge in [-0.3, -0.25) is 4.79 Å². The Labute approximate surface area is 188 Å². The van der Waals surface area contributed by atoms with Crippen LogP contribution in [0.15, 0.2) is 24.4 Å². The maximum absolute atomic E-state index is 13.4. The monoisotopic (exact) mass is 437 g/mol. The van der Waals surface area contributed by atoms with E-state index in [1.54, 1.807) is 7.11 Å². The van der Waals surface area contributed by atoms with E-state index >= 15 is 0 Å². The summed E-state index contributed by atoms with van der Waals surface area (Å²) in [6.45, 7) is 5.22. The van der Waals surface area contributed by atoms with Gasteiger partial charge in [-0.05, 0) is 61.4 Å². The zero-order chi connectivity index (χ0) is 22.8. The molecule has 3 aromatic rings. The molecule has 3 heterocycles. The Balaban J connectivity index is 1.53. The largest absolute Gasteiger partial charge is 0.497 e. The molecule has 7 nitrogen and oxygen atoms in total. The predicted octanol–water partition coefficient (Wildman–Crippen LogP) is 4.57. The van der Waals surface area contributed by atoms with Crippen LogP contribution in [0, 0.1) is 6.92 Å². The van der Waals surface area contributed by atoms with Crippen LogP contribution in [0.5, 0.6) is 5.75 Å². The van der Waals surface area contributed by atoms with Crippen molar-refractivity contribution in [3.05, 3.63) is 52.5 Å². The number of aryl methyl sites for hydroxylation is 1. The molecule has 2 aromatic heterocycles. The van der Waals surface area contributed by atoms with Crippen molar-refractivity contribution in [2.24, 2.45) is 0 Å². The van der Waals surface area contributed by atoms with Gasteiger partial charge in [-0.25, -0.2) is 4.79 Å². The molecule has 0 saturated carbocycles. The third-order valence-corrected chi connectivity index (χ3v) is 6.54. The molecule has 32 heavy (non-hydrogen) atoms. The second kappa shape index (κ2) is 9.10. The average Bonchev–Trinajstić information content (AvgIpc) is 3.38. The minimum atomic E-state index is -0.394. The van der Waals surface area contributed by atoms with E-state index in [2.05, 4.69) is 22.2 Å². The minimum absolute atomic E-state index is 0.0363. The molecule has 4 rings (SSSR count). The van der Waals surface area contributed by atoms with Crippen molar-refractivity contribution in [3.8, 4) is 5.75 Å². The number of H-pyrrole nitrogens is 2. The van der Waals surface area contributed by atoms with Crippen molar-refractivity contribution < 1.29 is 19.1 Å². The summed E-state index contributed by atoms with van der Waals surface area (Å²) in [4.78, 5) is 34.1. The Morgan fingerprint density at radius 3 is 2.59 bits per heavy atom. The number of carbonyl (C=O) groups excluding carboxylic acids is 2. The Bertz CT molecular complexity index is 1140. The van der Waals surface area contributed by atoms with Gasteiger partial charge in [0, 0.05) is 35.9 Å². The fourth-order valence-electron chi connectivity index (χ4n) is 4.88. The van der Waals surface area contributed by atoms with Crippen LogP contribution >= 0.6 is 0 Å². The van der Waals surface area contributed by atoms with Crippen molar-refractivity contribution in [2.45, 2.75) is 45.4 Å². The van der Waals surface area contributed by atoms with Gasteiger partial charge in [0.1, 0.15) is 11.4 Å². The first-order valence-electron chi connectivity index (χ1n) is 11.2. The van der Waals surface area contributed by atoms with Gasteiger partial charge in [-0.2, -0.15) is 0 Å². The van der Waals surface area contributed by atoms with Crippen molar-refractivity contribution in [1.82, 2.24) is 14.9 Å². The number of benzene rings is 1. The number of aromatic nitrogens is 2. The van der Waals surface area contributed by atoms with Crippen molar-refractivity contribution in [1.29, 1.82) is 0 Å². The van der Waals surface area contributed by atoms with Crippen LogP contribution in [-0.4, -0.2) is 54.1 Å². The van der Waals surface area contributed by atoms with Crippen LogP contribution in [0.4, 0.5) is 0 Å². The van der Waals surface area contributed by atoms with E-state index in [1.807, 2.05) is 30.9 Å². The minimum Gasteiger partial charge on any atom is -0.497 e. The molecule has 0 unspecified atom stereocenters. The van der Waals surface area contributed by atoms with Crippen LogP contribution in [0.1, 0.15) is 69.8 Å². The van der Waals surface area contributed by atoms with E-state index in [0.29, 0.717) is 42.4 Å². The van der Waals surface area contributed by atoms with Gasteiger partial charge in [0.15, 0.2) is 0 Å². The van der Waals surface area contributed by atoms with Crippen molar-refractivity contribution in [3.63, 3.8) is 0 Å². The van der Waals surface area contributed by atoms with Gasteiger partial charge in [-0.1, -0.05) is 13.3 Å². The van der Waals surface area contributed by atoms with Crippen LogP contribution in [-0.2, 0) is 11.2 Å². The van der Waals surface area contributed by atoms with Crippen LogP contribution in [0.25, 0.3) is 10.9 Å².